The van der Waals surface area contributed by atoms with Gasteiger partial charge in [-0.05, 0) is 12.8 Å². The van der Waals surface area contributed by atoms with Gasteiger partial charge in [0.1, 0.15) is 0 Å². The molecule has 0 aliphatic heterocycles. The highest BCUT2D eigenvalue weighted by Gasteiger charge is 2.14. The van der Waals surface area contributed by atoms with E-state index in [-0.39, 0.29) is 11.6 Å². The van der Waals surface area contributed by atoms with E-state index >= 15 is 0 Å². The number of nitrogens with one attached hydrogen (secondary N) is 1. The predicted molar refractivity (Wildman–Crippen MR) is 46.3 cm³/mol. The summed E-state index contributed by atoms with van der Waals surface area (Å²) in [4.78, 5) is 10.9. The lowest BCUT2D eigenvalue weighted by Gasteiger charge is -2.08. The molecule has 0 atom stereocenters. The Balaban J connectivity index is 3.01. The van der Waals surface area contributed by atoms with Crippen molar-refractivity contribution in [1.82, 2.24) is 14.9 Å². The van der Waals surface area contributed by atoms with Gasteiger partial charge in [0.2, 0.25) is 0 Å². The molecule has 1 aromatic heterocycles. The third kappa shape index (κ3) is 1.34. The van der Waals surface area contributed by atoms with Crippen LogP contribution in [0.3, 0.4) is 0 Å². The first-order valence-electron chi connectivity index (χ1n) is 4.13. The number of aromatic nitrogens is 3. The molecule has 12 heavy (non-hydrogen) atoms. The van der Waals surface area contributed by atoms with E-state index in [2.05, 4.69) is 10.2 Å². The van der Waals surface area contributed by atoms with Crippen LogP contribution in [-0.2, 0) is 0 Å². The molecule has 0 aliphatic rings. The Labute approximate surface area is 70.6 Å². The second kappa shape index (κ2) is 3.42. The highest BCUT2D eigenvalue weighted by molar-refractivity contribution is 4.95. The van der Waals surface area contributed by atoms with Crippen molar-refractivity contribution in [2.24, 2.45) is 0 Å². The average Bonchev–Trinajstić information content (AvgIpc) is 2.38. The van der Waals surface area contributed by atoms with Crippen molar-refractivity contribution < 1.29 is 0 Å². The zero-order valence-electron chi connectivity index (χ0n) is 7.37. The van der Waals surface area contributed by atoms with Crippen LogP contribution in [0.4, 0.5) is 0 Å². The monoisotopic (exact) mass is 170 g/mol. The van der Waals surface area contributed by atoms with Crippen molar-refractivity contribution in [3.63, 3.8) is 0 Å². The minimum absolute atomic E-state index is 0.272. The van der Waals surface area contributed by atoms with Gasteiger partial charge in [0.15, 0.2) is 5.82 Å². The molecule has 0 amide bonds. The fourth-order valence-corrected chi connectivity index (χ4v) is 1.26. The molecule has 5 heteroatoms. The number of aromatic amines is 1. The highest BCUT2D eigenvalue weighted by Crippen LogP contribution is 2.17. The van der Waals surface area contributed by atoms with E-state index < -0.39 is 0 Å². The van der Waals surface area contributed by atoms with Gasteiger partial charge in [-0.1, -0.05) is 13.8 Å². The summed E-state index contributed by atoms with van der Waals surface area (Å²) in [5, 5.41) is 6.18. The highest BCUT2D eigenvalue weighted by atomic mass is 16.2. The van der Waals surface area contributed by atoms with Crippen LogP contribution in [-0.4, -0.2) is 14.9 Å². The van der Waals surface area contributed by atoms with Gasteiger partial charge in [-0.25, -0.2) is 9.89 Å². The number of H-pyrrole nitrogens is 1. The summed E-state index contributed by atoms with van der Waals surface area (Å²) in [7, 11) is 0. The maximum absolute atomic E-state index is 10.9. The lowest BCUT2D eigenvalue weighted by atomic mass is 10.0. The van der Waals surface area contributed by atoms with Gasteiger partial charge >= 0.3 is 5.69 Å². The fourth-order valence-electron chi connectivity index (χ4n) is 1.26. The molecule has 5 nitrogen and oxygen atoms in total. The lowest BCUT2D eigenvalue weighted by Crippen LogP contribution is -2.27. The molecule has 0 aliphatic carbocycles. The van der Waals surface area contributed by atoms with E-state index in [4.69, 9.17) is 5.84 Å². The topological polar surface area (TPSA) is 76.7 Å². The molecule has 0 fully saturated rings. The standard InChI is InChI=1S/C7H14N4O/c1-3-5(4-2)6-9-10-7(12)11(6)8/h5H,3-4,8H2,1-2H3,(H,10,12). The number of nitrogens with zero attached hydrogens (tertiary/aromatic N) is 2. The van der Waals surface area contributed by atoms with Gasteiger partial charge < -0.3 is 5.84 Å². The fraction of sp³-hybridized carbons (Fsp3) is 0.714. The van der Waals surface area contributed by atoms with Crippen LogP contribution in [0.25, 0.3) is 0 Å². The van der Waals surface area contributed by atoms with Gasteiger partial charge in [-0.3, -0.25) is 0 Å². The van der Waals surface area contributed by atoms with Crippen molar-refractivity contribution in [2.75, 3.05) is 5.84 Å². The van der Waals surface area contributed by atoms with Crippen molar-refractivity contribution in [3.8, 4) is 0 Å². The Morgan fingerprint density at radius 1 is 1.58 bits per heavy atom. The SMILES string of the molecule is CCC(CC)c1n[nH]c(=O)n1N. The molecule has 1 heterocycles. The van der Waals surface area contributed by atoms with Crippen LogP contribution in [0.2, 0.25) is 0 Å². The second-order valence-corrected chi connectivity index (χ2v) is 2.77. The molecule has 0 saturated heterocycles. The van der Waals surface area contributed by atoms with E-state index in [1.807, 2.05) is 13.8 Å². The molecule has 0 radical (unpaired) electrons. The van der Waals surface area contributed by atoms with Gasteiger partial charge in [0, 0.05) is 5.92 Å². The van der Waals surface area contributed by atoms with Crippen LogP contribution in [0.1, 0.15) is 38.4 Å². The van der Waals surface area contributed by atoms with Crippen molar-refractivity contribution in [2.45, 2.75) is 32.6 Å². The summed E-state index contributed by atoms with van der Waals surface area (Å²) in [5.41, 5.74) is -0.350. The van der Waals surface area contributed by atoms with Crippen LogP contribution >= 0.6 is 0 Å². The average molecular weight is 170 g/mol. The van der Waals surface area contributed by atoms with Crippen molar-refractivity contribution >= 4 is 0 Å². The van der Waals surface area contributed by atoms with Crippen LogP contribution in [0, 0.1) is 0 Å². The largest absolute Gasteiger partial charge is 0.361 e. The first-order chi connectivity index (χ1) is 5.70. The van der Waals surface area contributed by atoms with Crippen molar-refractivity contribution in [3.05, 3.63) is 16.3 Å². The zero-order chi connectivity index (χ0) is 9.14. The number of rotatable bonds is 3. The van der Waals surface area contributed by atoms with Gasteiger partial charge in [-0.2, -0.15) is 9.77 Å². The van der Waals surface area contributed by atoms with E-state index in [1.165, 1.54) is 0 Å². The summed E-state index contributed by atoms with van der Waals surface area (Å²) >= 11 is 0. The predicted octanol–water partition coefficient (Wildman–Crippen LogP) is 0.189. The smallest absolute Gasteiger partial charge is 0.333 e. The molecule has 3 N–H and O–H groups in total. The molecule has 68 valence electrons. The molecule has 0 spiro atoms. The maximum atomic E-state index is 10.9. The Morgan fingerprint density at radius 3 is 2.50 bits per heavy atom. The van der Waals surface area contributed by atoms with E-state index in [9.17, 15) is 4.79 Å². The number of nitrogen functional groups attached to an aromatic ring is 1. The summed E-state index contributed by atoms with van der Waals surface area (Å²) in [6, 6.07) is 0. The van der Waals surface area contributed by atoms with Crippen LogP contribution < -0.4 is 11.5 Å². The molecule has 0 unspecified atom stereocenters. The molecular formula is C7H14N4O. The number of nitrogens with two attached hydrogens (primary N) is 1. The Bertz CT molecular complexity index is 297. The minimum Gasteiger partial charge on any atom is -0.333 e. The molecule has 0 saturated carbocycles. The number of hydrogen-bond acceptors (Lipinski definition) is 3. The molecular weight excluding hydrogens is 156 g/mol. The van der Waals surface area contributed by atoms with Gasteiger partial charge in [-0.15, -0.1) is 0 Å². The Kier molecular flexibility index (Phi) is 2.52. The summed E-state index contributed by atoms with van der Waals surface area (Å²) in [5.74, 6) is 6.38. The van der Waals surface area contributed by atoms with E-state index in [0.29, 0.717) is 5.82 Å². The lowest BCUT2D eigenvalue weighted by molar-refractivity contribution is 0.582. The second-order valence-electron chi connectivity index (χ2n) is 2.77. The summed E-state index contributed by atoms with van der Waals surface area (Å²) in [6.45, 7) is 4.10. The normalized spacial score (nSPS) is 10.9. The van der Waals surface area contributed by atoms with E-state index in [1.54, 1.807) is 0 Å². The zero-order valence-corrected chi connectivity index (χ0v) is 7.37. The van der Waals surface area contributed by atoms with Gasteiger partial charge in [0.05, 0.1) is 0 Å². The van der Waals surface area contributed by atoms with Crippen molar-refractivity contribution in [1.29, 1.82) is 0 Å². The number of hydrogen-bond donors (Lipinski definition) is 2. The van der Waals surface area contributed by atoms with E-state index in [0.717, 1.165) is 17.5 Å². The molecule has 0 bridgehead atoms. The minimum atomic E-state index is -0.350. The third-order valence-electron chi connectivity index (χ3n) is 2.08. The first kappa shape index (κ1) is 8.83. The molecule has 0 aromatic carbocycles. The van der Waals surface area contributed by atoms with Crippen LogP contribution in [0.15, 0.2) is 4.79 Å². The summed E-state index contributed by atoms with van der Waals surface area (Å²) in [6.07, 6.45) is 1.88. The first-order valence-corrected chi connectivity index (χ1v) is 4.13. The quantitative estimate of drug-likeness (QED) is 0.636. The molecule has 1 rings (SSSR count). The van der Waals surface area contributed by atoms with Gasteiger partial charge in [0.25, 0.3) is 0 Å². The molecule has 1 aromatic rings. The Hall–Kier alpha value is -1.26. The maximum Gasteiger partial charge on any atom is 0.361 e. The Morgan fingerprint density at radius 2 is 2.17 bits per heavy atom. The summed E-state index contributed by atoms with van der Waals surface area (Å²) < 4.78 is 1.08. The van der Waals surface area contributed by atoms with Crippen LogP contribution in [0.5, 0.6) is 0 Å². The third-order valence-corrected chi connectivity index (χ3v) is 2.08.